The summed E-state index contributed by atoms with van der Waals surface area (Å²) in [4.78, 5) is 23.2. The second-order valence-corrected chi connectivity index (χ2v) is 3.28. The molecule has 15 heavy (non-hydrogen) atoms. The van der Waals surface area contributed by atoms with E-state index in [0.29, 0.717) is 13.1 Å². The monoisotopic (exact) mass is 217 g/mol. The quantitative estimate of drug-likeness (QED) is 0.440. The number of rotatable bonds is 3. The van der Waals surface area contributed by atoms with Gasteiger partial charge in [0.2, 0.25) is 0 Å². The Morgan fingerprint density at radius 2 is 2.00 bits per heavy atom. The lowest BCUT2D eigenvalue weighted by Gasteiger charge is -2.27. The zero-order chi connectivity index (χ0) is 11.3. The lowest BCUT2D eigenvalue weighted by atomic mass is 10.3. The maximum absolute atomic E-state index is 11.4. The molecule has 0 saturated carbocycles. The summed E-state index contributed by atoms with van der Waals surface area (Å²) in [5, 5.41) is 22.8. The molecule has 1 heterocycles. The molecule has 4 N–H and O–H groups in total. The van der Waals surface area contributed by atoms with E-state index < -0.39 is 12.1 Å². The molecule has 0 unspecified atom stereocenters. The van der Waals surface area contributed by atoms with Crippen molar-refractivity contribution in [3.8, 4) is 0 Å². The van der Waals surface area contributed by atoms with Gasteiger partial charge in [0.25, 0.3) is 0 Å². The van der Waals surface area contributed by atoms with E-state index in [1.807, 2.05) is 0 Å². The summed E-state index contributed by atoms with van der Waals surface area (Å²) >= 11 is 0. The second-order valence-electron chi connectivity index (χ2n) is 3.28. The van der Waals surface area contributed by atoms with Crippen molar-refractivity contribution < 1.29 is 19.8 Å². The van der Waals surface area contributed by atoms with Crippen LogP contribution in [-0.4, -0.2) is 65.9 Å². The van der Waals surface area contributed by atoms with Crippen LogP contribution in [0, 0.1) is 0 Å². The molecule has 0 aromatic rings. The van der Waals surface area contributed by atoms with Crippen molar-refractivity contribution in [2.24, 2.45) is 0 Å². The van der Waals surface area contributed by atoms with Gasteiger partial charge >= 0.3 is 12.0 Å². The average molecular weight is 217 g/mol. The number of carbonyl (C=O) groups is 2. The van der Waals surface area contributed by atoms with E-state index in [-0.39, 0.29) is 12.6 Å². The fraction of sp³-hybridized carbons (Fsp3) is 0.750. The smallest absolute Gasteiger partial charge is 0.334 e. The molecule has 1 aliphatic rings. The Bertz CT molecular complexity index is 240. The highest BCUT2D eigenvalue weighted by molar-refractivity contribution is 5.76. The first-order valence-corrected chi connectivity index (χ1v) is 4.75. The topological polar surface area (TPSA) is 102 Å². The summed E-state index contributed by atoms with van der Waals surface area (Å²) in [6.45, 7) is 2.38. The van der Waals surface area contributed by atoms with E-state index in [2.05, 4.69) is 10.6 Å². The zero-order valence-electron chi connectivity index (χ0n) is 8.27. The second kappa shape index (κ2) is 5.52. The minimum atomic E-state index is -1.54. The molecule has 86 valence electrons. The summed E-state index contributed by atoms with van der Waals surface area (Å²) in [5.74, 6) is -1.34. The van der Waals surface area contributed by atoms with Crippen LogP contribution in [0.25, 0.3) is 0 Å². The molecule has 1 rings (SSSR count). The first-order chi connectivity index (χ1) is 7.11. The van der Waals surface area contributed by atoms with Crippen molar-refractivity contribution in [2.75, 3.05) is 32.7 Å². The first kappa shape index (κ1) is 11.7. The Hall–Kier alpha value is -1.34. The van der Waals surface area contributed by atoms with Crippen molar-refractivity contribution in [3.63, 3.8) is 0 Å². The molecule has 1 saturated heterocycles. The molecular formula is C8H15N3O4. The highest BCUT2D eigenvalue weighted by Gasteiger charge is 2.18. The largest absolute Gasteiger partial charge is 0.479 e. The standard InChI is InChI=1S/C8H15N3O4/c12-6(7(13)14)5-10-8(15)11-3-1-9-2-4-11/h6,9,12H,1-5H2,(H,10,15)(H,13,14)/t6-/m0/s1. The molecule has 1 aliphatic heterocycles. The van der Waals surface area contributed by atoms with E-state index in [0.717, 1.165) is 13.1 Å². The number of piperazine rings is 1. The summed E-state index contributed by atoms with van der Waals surface area (Å²) in [5.41, 5.74) is 0. The van der Waals surface area contributed by atoms with Gasteiger partial charge in [-0.15, -0.1) is 0 Å². The number of hydrogen-bond acceptors (Lipinski definition) is 4. The fourth-order valence-corrected chi connectivity index (χ4v) is 1.25. The van der Waals surface area contributed by atoms with Gasteiger partial charge in [-0.1, -0.05) is 0 Å². The molecule has 0 aromatic heterocycles. The van der Waals surface area contributed by atoms with Crippen LogP contribution in [0.2, 0.25) is 0 Å². The lowest BCUT2D eigenvalue weighted by molar-refractivity contribution is -0.146. The SMILES string of the molecule is O=C(O)[C@@H](O)CNC(=O)N1CCNCC1. The average Bonchev–Trinajstić information content (AvgIpc) is 2.26. The molecule has 0 radical (unpaired) electrons. The molecule has 7 heteroatoms. The molecule has 1 fully saturated rings. The van der Waals surface area contributed by atoms with E-state index >= 15 is 0 Å². The number of nitrogens with one attached hydrogen (secondary N) is 2. The maximum Gasteiger partial charge on any atom is 0.334 e. The minimum absolute atomic E-state index is 0.266. The van der Waals surface area contributed by atoms with Crippen molar-refractivity contribution >= 4 is 12.0 Å². The van der Waals surface area contributed by atoms with E-state index in [1.54, 1.807) is 4.90 Å². The Labute approximate surface area is 87.1 Å². The van der Waals surface area contributed by atoms with Gasteiger partial charge in [0.1, 0.15) is 0 Å². The van der Waals surface area contributed by atoms with Crippen LogP contribution >= 0.6 is 0 Å². The number of carbonyl (C=O) groups excluding carboxylic acids is 1. The molecule has 7 nitrogen and oxygen atoms in total. The molecule has 0 spiro atoms. The third-order valence-corrected chi connectivity index (χ3v) is 2.14. The Morgan fingerprint density at radius 3 is 2.53 bits per heavy atom. The number of hydrogen-bond donors (Lipinski definition) is 4. The van der Waals surface area contributed by atoms with Gasteiger partial charge in [-0.2, -0.15) is 0 Å². The van der Waals surface area contributed by atoms with Gasteiger partial charge in [-0.3, -0.25) is 0 Å². The molecule has 0 aliphatic carbocycles. The Kier molecular flexibility index (Phi) is 4.32. The van der Waals surface area contributed by atoms with E-state index in [4.69, 9.17) is 10.2 Å². The zero-order valence-corrected chi connectivity index (χ0v) is 8.27. The van der Waals surface area contributed by atoms with Crippen LogP contribution in [0.5, 0.6) is 0 Å². The maximum atomic E-state index is 11.4. The van der Waals surface area contributed by atoms with Crippen molar-refractivity contribution in [1.29, 1.82) is 0 Å². The highest BCUT2D eigenvalue weighted by atomic mass is 16.4. The predicted molar refractivity (Wildman–Crippen MR) is 51.5 cm³/mol. The fourth-order valence-electron chi connectivity index (χ4n) is 1.25. The van der Waals surface area contributed by atoms with Crippen LogP contribution in [0.15, 0.2) is 0 Å². The van der Waals surface area contributed by atoms with Gasteiger partial charge in [0.15, 0.2) is 6.10 Å². The predicted octanol–water partition coefficient (Wildman–Crippen LogP) is -1.95. The van der Waals surface area contributed by atoms with Gasteiger partial charge in [0.05, 0.1) is 6.54 Å². The van der Waals surface area contributed by atoms with Crippen LogP contribution in [0.1, 0.15) is 0 Å². The normalized spacial score (nSPS) is 18.3. The van der Waals surface area contributed by atoms with Gasteiger partial charge in [-0.05, 0) is 0 Å². The van der Waals surface area contributed by atoms with Crippen LogP contribution < -0.4 is 10.6 Å². The third-order valence-electron chi connectivity index (χ3n) is 2.14. The summed E-state index contributed by atoms with van der Waals surface area (Å²) in [6, 6.07) is -0.336. The number of aliphatic carboxylic acids is 1. The number of carboxylic acid groups (broad SMARTS) is 1. The minimum Gasteiger partial charge on any atom is -0.479 e. The van der Waals surface area contributed by atoms with Crippen LogP contribution in [0.4, 0.5) is 4.79 Å². The number of carboxylic acids is 1. The number of aliphatic hydroxyl groups is 1. The number of aliphatic hydroxyl groups excluding tert-OH is 1. The van der Waals surface area contributed by atoms with E-state index in [1.165, 1.54) is 0 Å². The van der Waals surface area contributed by atoms with Crippen molar-refractivity contribution in [2.45, 2.75) is 6.10 Å². The molecular weight excluding hydrogens is 202 g/mol. The number of nitrogens with zero attached hydrogens (tertiary/aromatic N) is 1. The molecule has 0 aromatic carbocycles. The summed E-state index contributed by atoms with van der Waals surface area (Å²) < 4.78 is 0. The Morgan fingerprint density at radius 1 is 1.40 bits per heavy atom. The summed E-state index contributed by atoms with van der Waals surface area (Å²) in [7, 11) is 0. The molecule has 0 bridgehead atoms. The molecule has 2 amide bonds. The van der Waals surface area contributed by atoms with Crippen molar-refractivity contribution in [3.05, 3.63) is 0 Å². The number of amides is 2. The lowest BCUT2D eigenvalue weighted by Crippen LogP contribution is -2.51. The van der Waals surface area contributed by atoms with Gasteiger partial charge in [-0.25, -0.2) is 9.59 Å². The van der Waals surface area contributed by atoms with Gasteiger partial charge < -0.3 is 25.7 Å². The van der Waals surface area contributed by atoms with Crippen molar-refractivity contribution in [1.82, 2.24) is 15.5 Å². The third kappa shape index (κ3) is 3.72. The van der Waals surface area contributed by atoms with Gasteiger partial charge in [0, 0.05) is 26.2 Å². The highest BCUT2D eigenvalue weighted by Crippen LogP contribution is 1.92. The molecule has 1 atom stereocenters. The summed E-state index contributed by atoms with van der Waals surface area (Å²) in [6.07, 6.45) is -1.54. The van der Waals surface area contributed by atoms with E-state index in [9.17, 15) is 9.59 Å². The Balaban J connectivity index is 2.25. The number of urea groups is 1. The van der Waals surface area contributed by atoms with Crippen LogP contribution in [-0.2, 0) is 4.79 Å². The van der Waals surface area contributed by atoms with Crippen LogP contribution in [0.3, 0.4) is 0 Å². The first-order valence-electron chi connectivity index (χ1n) is 4.75.